The van der Waals surface area contributed by atoms with Crippen LogP contribution in [0.25, 0.3) is 0 Å². The van der Waals surface area contributed by atoms with Gasteiger partial charge < -0.3 is 20.1 Å². The zero-order chi connectivity index (χ0) is 22.3. The number of amides is 2. The average molecular weight is 437 g/mol. The van der Waals surface area contributed by atoms with Crippen molar-refractivity contribution in [2.75, 3.05) is 40.0 Å². The van der Waals surface area contributed by atoms with Crippen LogP contribution in [0, 0.1) is 0 Å². The van der Waals surface area contributed by atoms with E-state index < -0.39 is 11.7 Å². The fourth-order valence-corrected chi connectivity index (χ4v) is 3.42. The van der Waals surface area contributed by atoms with Gasteiger partial charge in [0.2, 0.25) is 0 Å². The molecule has 6 nitrogen and oxygen atoms in total. The molecule has 0 aliphatic carbocycles. The second kappa shape index (κ2) is 10.5. The van der Waals surface area contributed by atoms with E-state index in [1.165, 1.54) is 12.1 Å². The minimum atomic E-state index is -4.38. The first kappa shape index (κ1) is 22.9. The van der Waals surface area contributed by atoms with E-state index in [0.717, 1.165) is 36.5 Å². The molecule has 1 aliphatic heterocycles. The smallest absolute Gasteiger partial charge is 0.416 e. The van der Waals surface area contributed by atoms with Gasteiger partial charge in [-0.15, -0.1) is 0 Å². The number of halogens is 3. The van der Waals surface area contributed by atoms with Crippen molar-refractivity contribution < 1.29 is 27.4 Å². The van der Waals surface area contributed by atoms with Gasteiger partial charge in [-0.05, 0) is 35.4 Å². The van der Waals surface area contributed by atoms with Gasteiger partial charge in [0.25, 0.3) is 0 Å². The molecular weight excluding hydrogens is 411 g/mol. The lowest BCUT2D eigenvalue weighted by atomic mass is 10.0. The quantitative estimate of drug-likeness (QED) is 0.695. The van der Waals surface area contributed by atoms with Crippen LogP contribution in [0.1, 0.15) is 22.7 Å². The average Bonchev–Trinajstić information content (AvgIpc) is 2.78. The summed E-state index contributed by atoms with van der Waals surface area (Å²) in [6, 6.07) is 12.0. The molecule has 2 amide bonds. The fraction of sp³-hybridized carbons (Fsp3) is 0.409. The summed E-state index contributed by atoms with van der Waals surface area (Å²) in [7, 11) is 1.61. The number of alkyl halides is 3. The molecule has 0 radical (unpaired) electrons. The summed E-state index contributed by atoms with van der Waals surface area (Å²) in [6.45, 7) is 3.29. The first-order valence-corrected chi connectivity index (χ1v) is 10.0. The van der Waals surface area contributed by atoms with Crippen LogP contribution in [0.3, 0.4) is 0 Å². The first-order chi connectivity index (χ1) is 14.9. The Bertz CT molecular complexity index is 836. The summed E-state index contributed by atoms with van der Waals surface area (Å²) in [6.07, 6.45) is -4.38. The molecule has 2 N–H and O–H groups in total. The van der Waals surface area contributed by atoms with Gasteiger partial charge in [0.1, 0.15) is 5.75 Å². The monoisotopic (exact) mass is 437 g/mol. The maximum atomic E-state index is 12.6. The Morgan fingerprint density at radius 3 is 2.29 bits per heavy atom. The second-order valence-corrected chi connectivity index (χ2v) is 7.20. The fourth-order valence-electron chi connectivity index (χ4n) is 3.42. The summed E-state index contributed by atoms with van der Waals surface area (Å²) in [5.41, 5.74) is 0.919. The number of hydrogen-bond donors (Lipinski definition) is 2. The van der Waals surface area contributed by atoms with Gasteiger partial charge in [-0.2, -0.15) is 13.2 Å². The molecule has 0 bridgehead atoms. The van der Waals surface area contributed by atoms with Gasteiger partial charge in [-0.1, -0.05) is 24.3 Å². The molecule has 1 atom stereocenters. The van der Waals surface area contributed by atoms with E-state index in [9.17, 15) is 18.0 Å². The van der Waals surface area contributed by atoms with E-state index in [2.05, 4.69) is 15.5 Å². The number of urea groups is 1. The Morgan fingerprint density at radius 2 is 1.71 bits per heavy atom. The lowest BCUT2D eigenvalue weighted by molar-refractivity contribution is -0.137. The van der Waals surface area contributed by atoms with Gasteiger partial charge >= 0.3 is 12.2 Å². The molecule has 3 rings (SSSR count). The number of hydrogen-bond acceptors (Lipinski definition) is 4. The number of nitrogens with one attached hydrogen (secondary N) is 2. The van der Waals surface area contributed by atoms with Crippen LogP contribution in [-0.2, 0) is 17.5 Å². The summed E-state index contributed by atoms with van der Waals surface area (Å²) in [5.74, 6) is 0.756. The number of methoxy groups -OCH3 is 1. The minimum absolute atomic E-state index is 0.0355. The molecule has 0 aromatic heterocycles. The van der Waals surface area contributed by atoms with Crippen LogP contribution in [0.15, 0.2) is 48.5 Å². The van der Waals surface area contributed by atoms with Crippen LogP contribution in [-0.4, -0.2) is 50.9 Å². The predicted octanol–water partition coefficient (Wildman–Crippen LogP) is 3.59. The Labute approximate surface area is 179 Å². The van der Waals surface area contributed by atoms with Gasteiger partial charge in [0, 0.05) is 26.2 Å². The largest absolute Gasteiger partial charge is 0.497 e. The number of carbonyl (C=O) groups excluding carboxylic acids is 1. The van der Waals surface area contributed by atoms with E-state index in [4.69, 9.17) is 9.47 Å². The van der Waals surface area contributed by atoms with Crippen molar-refractivity contribution in [3.05, 3.63) is 65.2 Å². The van der Waals surface area contributed by atoms with Crippen LogP contribution in [0.2, 0.25) is 0 Å². The Kier molecular flexibility index (Phi) is 7.75. The van der Waals surface area contributed by atoms with Crippen molar-refractivity contribution in [2.24, 2.45) is 0 Å². The molecule has 1 saturated heterocycles. The molecule has 1 aliphatic rings. The third kappa shape index (κ3) is 6.60. The van der Waals surface area contributed by atoms with Crippen LogP contribution in [0.5, 0.6) is 5.75 Å². The molecule has 31 heavy (non-hydrogen) atoms. The normalized spacial score (nSPS) is 15.9. The lowest BCUT2D eigenvalue weighted by Crippen LogP contribution is -2.45. The van der Waals surface area contributed by atoms with Crippen molar-refractivity contribution in [3.63, 3.8) is 0 Å². The maximum absolute atomic E-state index is 12.6. The number of morpholine rings is 1. The predicted molar refractivity (Wildman–Crippen MR) is 110 cm³/mol. The molecule has 1 unspecified atom stereocenters. The Hall–Kier alpha value is -2.78. The van der Waals surface area contributed by atoms with Crippen molar-refractivity contribution >= 4 is 6.03 Å². The molecule has 9 heteroatoms. The Balaban J connectivity index is 1.56. The SMILES string of the molecule is COc1ccc(C(CNC(=O)NCc2ccc(C(F)(F)F)cc2)N2CCOCC2)cc1. The van der Waals surface area contributed by atoms with E-state index in [1.807, 2.05) is 24.3 Å². The second-order valence-electron chi connectivity index (χ2n) is 7.20. The molecule has 168 valence electrons. The maximum Gasteiger partial charge on any atom is 0.416 e. The van der Waals surface area contributed by atoms with Gasteiger partial charge in [0.05, 0.1) is 31.9 Å². The highest BCUT2D eigenvalue weighted by Gasteiger charge is 2.30. The van der Waals surface area contributed by atoms with Crippen molar-refractivity contribution in [2.45, 2.75) is 18.8 Å². The van der Waals surface area contributed by atoms with E-state index in [-0.39, 0.29) is 18.6 Å². The summed E-state index contributed by atoms with van der Waals surface area (Å²) in [4.78, 5) is 14.5. The van der Waals surface area contributed by atoms with Crippen molar-refractivity contribution in [1.29, 1.82) is 0 Å². The minimum Gasteiger partial charge on any atom is -0.497 e. The molecule has 1 heterocycles. The molecule has 0 spiro atoms. The molecule has 0 saturated carbocycles. The summed E-state index contributed by atoms with van der Waals surface area (Å²) in [5, 5.41) is 5.56. The van der Waals surface area contributed by atoms with Gasteiger partial charge in [-0.25, -0.2) is 4.79 Å². The van der Waals surface area contributed by atoms with Gasteiger partial charge in [0.15, 0.2) is 0 Å². The molecule has 2 aromatic rings. The number of benzene rings is 2. The van der Waals surface area contributed by atoms with Crippen LogP contribution in [0.4, 0.5) is 18.0 Å². The van der Waals surface area contributed by atoms with E-state index in [1.54, 1.807) is 7.11 Å². The van der Waals surface area contributed by atoms with Crippen LogP contribution < -0.4 is 15.4 Å². The number of nitrogens with zero attached hydrogens (tertiary/aromatic N) is 1. The Morgan fingerprint density at radius 1 is 1.06 bits per heavy atom. The summed E-state index contributed by atoms with van der Waals surface area (Å²) < 4.78 is 48.6. The number of ether oxygens (including phenoxy) is 2. The van der Waals surface area contributed by atoms with Crippen molar-refractivity contribution in [1.82, 2.24) is 15.5 Å². The van der Waals surface area contributed by atoms with Crippen molar-refractivity contribution in [3.8, 4) is 5.75 Å². The zero-order valence-electron chi connectivity index (χ0n) is 17.2. The lowest BCUT2D eigenvalue weighted by Gasteiger charge is -2.35. The topological polar surface area (TPSA) is 62.8 Å². The molecule has 2 aromatic carbocycles. The van der Waals surface area contributed by atoms with Gasteiger partial charge in [-0.3, -0.25) is 4.90 Å². The molecular formula is C22H26F3N3O3. The zero-order valence-corrected chi connectivity index (χ0v) is 17.2. The van der Waals surface area contributed by atoms with E-state index >= 15 is 0 Å². The van der Waals surface area contributed by atoms with Crippen LogP contribution >= 0.6 is 0 Å². The third-order valence-corrected chi connectivity index (χ3v) is 5.18. The standard InChI is InChI=1S/C22H26F3N3O3/c1-30-19-8-4-17(5-9-19)20(28-10-12-31-13-11-28)15-27-21(29)26-14-16-2-6-18(7-3-16)22(23,24)25/h2-9,20H,10-15H2,1H3,(H2,26,27,29). The number of carbonyl (C=O) groups is 1. The molecule has 1 fully saturated rings. The summed E-state index contributed by atoms with van der Waals surface area (Å²) >= 11 is 0. The highest BCUT2D eigenvalue weighted by atomic mass is 19.4. The van der Waals surface area contributed by atoms with E-state index in [0.29, 0.717) is 25.3 Å². The highest BCUT2D eigenvalue weighted by molar-refractivity contribution is 5.73. The first-order valence-electron chi connectivity index (χ1n) is 10.0. The third-order valence-electron chi connectivity index (χ3n) is 5.18. The highest BCUT2D eigenvalue weighted by Crippen LogP contribution is 2.29. The number of rotatable bonds is 7.